The first-order valence-electron chi connectivity index (χ1n) is 8.46. The predicted octanol–water partition coefficient (Wildman–Crippen LogP) is 4.22. The quantitative estimate of drug-likeness (QED) is 0.707. The van der Waals surface area contributed by atoms with Gasteiger partial charge >= 0.3 is 0 Å². The summed E-state index contributed by atoms with van der Waals surface area (Å²) in [7, 11) is 3.22. The Hall–Kier alpha value is -2.99. The SMILES string of the molecule is COc1ccc([C@H]2CC(=O)Nc3n[nH]c(-c4ccc(Cl)cc4)c32)c(OC)c1. The fraction of sp³-hybridized carbons (Fsp3) is 0.200. The van der Waals surface area contributed by atoms with Crippen LogP contribution in [-0.2, 0) is 4.79 Å². The summed E-state index contributed by atoms with van der Waals surface area (Å²) in [5.74, 6) is 1.63. The summed E-state index contributed by atoms with van der Waals surface area (Å²) in [5.41, 5.74) is 3.64. The van der Waals surface area contributed by atoms with Crippen molar-refractivity contribution in [3.05, 3.63) is 58.6 Å². The van der Waals surface area contributed by atoms with Gasteiger partial charge in [-0.3, -0.25) is 9.89 Å². The van der Waals surface area contributed by atoms with E-state index >= 15 is 0 Å². The molecule has 1 amide bonds. The minimum Gasteiger partial charge on any atom is -0.497 e. The summed E-state index contributed by atoms with van der Waals surface area (Å²) >= 11 is 6.02. The van der Waals surface area contributed by atoms with Gasteiger partial charge in [0.05, 0.1) is 19.9 Å². The number of carbonyl (C=O) groups is 1. The number of nitrogens with one attached hydrogen (secondary N) is 2. The van der Waals surface area contributed by atoms with E-state index < -0.39 is 0 Å². The number of aromatic nitrogens is 2. The molecule has 0 spiro atoms. The van der Waals surface area contributed by atoms with Gasteiger partial charge in [0.2, 0.25) is 5.91 Å². The van der Waals surface area contributed by atoms with Gasteiger partial charge in [0.15, 0.2) is 5.82 Å². The Balaban J connectivity index is 1.87. The maximum Gasteiger partial charge on any atom is 0.226 e. The van der Waals surface area contributed by atoms with Gasteiger partial charge in [0.25, 0.3) is 0 Å². The van der Waals surface area contributed by atoms with Crippen molar-refractivity contribution >= 4 is 23.3 Å². The lowest BCUT2D eigenvalue weighted by Gasteiger charge is -2.25. The highest BCUT2D eigenvalue weighted by atomic mass is 35.5. The third-order valence-corrected chi connectivity index (χ3v) is 5.00. The fourth-order valence-electron chi connectivity index (χ4n) is 3.46. The first-order chi connectivity index (χ1) is 13.1. The predicted molar refractivity (Wildman–Crippen MR) is 104 cm³/mol. The number of hydrogen-bond acceptors (Lipinski definition) is 4. The first-order valence-corrected chi connectivity index (χ1v) is 8.84. The molecule has 0 unspecified atom stereocenters. The summed E-state index contributed by atoms with van der Waals surface area (Å²) < 4.78 is 10.9. The zero-order valence-electron chi connectivity index (χ0n) is 14.9. The number of benzene rings is 2. The third kappa shape index (κ3) is 3.13. The van der Waals surface area contributed by atoms with Crippen LogP contribution in [0.25, 0.3) is 11.3 Å². The van der Waals surface area contributed by atoms with Gasteiger partial charge in [-0.15, -0.1) is 0 Å². The molecule has 138 valence electrons. The zero-order valence-corrected chi connectivity index (χ0v) is 15.6. The second kappa shape index (κ2) is 6.96. The van der Waals surface area contributed by atoms with Crippen LogP contribution in [0.1, 0.15) is 23.5 Å². The van der Waals surface area contributed by atoms with Gasteiger partial charge in [-0.2, -0.15) is 5.10 Å². The Bertz CT molecular complexity index is 998. The Labute approximate surface area is 161 Å². The highest BCUT2D eigenvalue weighted by Gasteiger charge is 2.33. The maximum atomic E-state index is 12.3. The molecule has 3 aromatic rings. The Morgan fingerprint density at radius 1 is 1.11 bits per heavy atom. The molecule has 0 fully saturated rings. The van der Waals surface area contributed by atoms with Crippen LogP contribution in [0.2, 0.25) is 5.02 Å². The number of ether oxygens (including phenoxy) is 2. The van der Waals surface area contributed by atoms with E-state index in [4.69, 9.17) is 21.1 Å². The van der Waals surface area contributed by atoms with Gasteiger partial charge in [-0.1, -0.05) is 29.8 Å². The van der Waals surface area contributed by atoms with Crippen molar-refractivity contribution in [2.75, 3.05) is 19.5 Å². The number of aromatic amines is 1. The average Bonchev–Trinajstić information content (AvgIpc) is 3.11. The molecule has 2 N–H and O–H groups in total. The number of rotatable bonds is 4. The van der Waals surface area contributed by atoms with Crippen LogP contribution in [0.15, 0.2) is 42.5 Å². The van der Waals surface area contributed by atoms with Crippen molar-refractivity contribution in [3.63, 3.8) is 0 Å². The number of carbonyl (C=O) groups excluding carboxylic acids is 1. The summed E-state index contributed by atoms with van der Waals surface area (Å²) in [6.45, 7) is 0. The van der Waals surface area contributed by atoms with Gasteiger partial charge in [-0.25, -0.2) is 0 Å². The Morgan fingerprint density at radius 3 is 2.59 bits per heavy atom. The van der Waals surface area contributed by atoms with Gasteiger partial charge < -0.3 is 14.8 Å². The summed E-state index contributed by atoms with van der Waals surface area (Å²) in [6, 6.07) is 13.1. The minimum atomic E-state index is -0.195. The van der Waals surface area contributed by atoms with Crippen LogP contribution in [-0.4, -0.2) is 30.3 Å². The molecule has 0 radical (unpaired) electrons. The fourth-order valence-corrected chi connectivity index (χ4v) is 3.59. The first kappa shape index (κ1) is 17.4. The number of hydrogen-bond donors (Lipinski definition) is 2. The number of methoxy groups -OCH3 is 2. The molecule has 1 aliphatic heterocycles. The van der Waals surface area contributed by atoms with E-state index in [1.165, 1.54) is 0 Å². The molecule has 2 heterocycles. The van der Waals surface area contributed by atoms with E-state index in [-0.39, 0.29) is 11.8 Å². The Kier molecular flexibility index (Phi) is 4.49. The lowest BCUT2D eigenvalue weighted by atomic mass is 9.84. The summed E-state index contributed by atoms with van der Waals surface area (Å²) in [5, 5.41) is 10.9. The second-order valence-electron chi connectivity index (χ2n) is 6.28. The van der Waals surface area contributed by atoms with E-state index in [0.717, 1.165) is 22.4 Å². The van der Waals surface area contributed by atoms with E-state index in [0.29, 0.717) is 28.8 Å². The monoisotopic (exact) mass is 383 g/mol. The van der Waals surface area contributed by atoms with E-state index in [1.807, 2.05) is 42.5 Å². The van der Waals surface area contributed by atoms with E-state index in [2.05, 4.69) is 15.5 Å². The van der Waals surface area contributed by atoms with E-state index in [1.54, 1.807) is 14.2 Å². The Morgan fingerprint density at radius 2 is 1.89 bits per heavy atom. The van der Waals surface area contributed by atoms with Crippen LogP contribution in [0.3, 0.4) is 0 Å². The van der Waals surface area contributed by atoms with Crippen molar-refractivity contribution in [1.82, 2.24) is 10.2 Å². The molecule has 2 aromatic carbocycles. The summed E-state index contributed by atoms with van der Waals surface area (Å²) in [4.78, 5) is 12.3. The highest BCUT2D eigenvalue weighted by Crippen LogP contribution is 2.45. The molecule has 0 saturated heterocycles. The largest absolute Gasteiger partial charge is 0.497 e. The van der Waals surface area contributed by atoms with Crippen molar-refractivity contribution in [3.8, 4) is 22.8 Å². The molecule has 4 rings (SSSR count). The van der Waals surface area contributed by atoms with Crippen molar-refractivity contribution < 1.29 is 14.3 Å². The maximum absolute atomic E-state index is 12.3. The minimum absolute atomic E-state index is 0.0838. The highest BCUT2D eigenvalue weighted by molar-refractivity contribution is 6.30. The number of anilines is 1. The smallest absolute Gasteiger partial charge is 0.226 e. The van der Waals surface area contributed by atoms with Gasteiger partial charge in [0.1, 0.15) is 11.5 Å². The molecule has 27 heavy (non-hydrogen) atoms. The molecular weight excluding hydrogens is 366 g/mol. The number of amides is 1. The molecule has 0 aliphatic carbocycles. The molecule has 1 aromatic heterocycles. The number of nitrogens with zero attached hydrogens (tertiary/aromatic N) is 1. The third-order valence-electron chi connectivity index (χ3n) is 4.75. The normalized spacial score (nSPS) is 15.8. The van der Waals surface area contributed by atoms with Gasteiger partial charge in [0, 0.05) is 40.1 Å². The summed E-state index contributed by atoms with van der Waals surface area (Å²) in [6.07, 6.45) is 0.301. The lowest BCUT2D eigenvalue weighted by molar-refractivity contribution is -0.116. The molecule has 1 aliphatic rings. The number of fused-ring (bicyclic) bond motifs is 1. The zero-order chi connectivity index (χ0) is 19.0. The van der Waals surface area contributed by atoms with Crippen molar-refractivity contribution in [1.29, 1.82) is 0 Å². The van der Waals surface area contributed by atoms with Crippen molar-refractivity contribution in [2.45, 2.75) is 12.3 Å². The lowest BCUT2D eigenvalue weighted by Crippen LogP contribution is -2.23. The van der Waals surface area contributed by atoms with Crippen LogP contribution in [0.5, 0.6) is 11.5 Å². The number of halogens is 1. The van der Waals surface area contributed by atoms with Crippen LogP contribution in [0.4, 0.5) is 5.82 Å². The molecule has 0 bridgehead atoms. The van der Waals surface area contributed by atoms with Crippen molar-refractivity contribution in [2.24, 2.45) is 0 Å². The second-order valence-corrected chi connectivity index (χ2v) is 6.72. The van der Waals surface area contributed by atoms with Crippen LogP contribution < -0.4 is 14.8 Å². The number of H-pyrrole nitrogens is 1. The average molecular weight is 384 g/mol. The van der Waals surface area contributed by atoms with E-state index in [9.17, 15) is 4.79 Å². The van der Waals surface area contributed by atoms with Gasteiger partial charge in [-0.05, 0) is 18.2 Å². The van der Waals surface area contributed by atoms with Crippen LogP contribution in [0, 0.1) is 0 Å². The molecule has 7 heteroatoms. The molecule has 0 saturated carbocycles. The van der Waals surface area contributed by atoms with Crippen LogP contribution >= 0.6 is 11.6 Å². The molecular formula is C20H18ClN3O3. The molecule has 6 nitrogen and oxygen atoms in total. The standard InChI is InChI=1S/C20H18ClN3O3/c1-26-13-7-8-14(16(9-13)27-2)15-10-17(25)22-20-18(15)19(23-24-20)11-3-5-12(21)6-4-11/h3-9,15H,10H2,1-2H3,(H2,22,23,24,25)/t15-/m1/s1. The molecule has 1 atom stereocenters. The topological polar surface area (TPSA) is 76.2 Å².